The average molecular weight is 179 g/mol. The molecule has 1 atom stereocenters. The van der Waals surface area contributed by atoms with Crippen LogP contribution in [-0.4, -0.2) is 20.8 Å². The summed E-state index contributed by atoms with van der Waals surface area (Å²) in [7, 11) is -0.828. The third-order valence-corrected chi connectivity index (χ3v) is 2.69. The van der Waals surface area contributed by atoms with Crippen LogP contribution in [0.3, 0.4) is 0 Å². The lowest BCUT2D eigenvalue weighted by molar-refractivity contribution is -0.110. The van der Waals surface area contributed by atoms with E-state index in [1.807, 2.05) is 6.92 Å². The number of carbonyl (C=O) groups is 1. The Bertz CT molecular complexity index is 134. The molecule has 0 aromatic heterocycles. The van der Waals surface area contributed by atoms with Crippen LogP contribution in [0.2, 0.25) is 0 Å². The Labute approximate surface area is 69.3 Å². The van der Waals surface area contributed by atoms with Crippen molar-refractivity contribution in [3.63, 3.8) is 0 Å². The second kappa shape index (κ2) is 5.80. The molecule has 0 aromatic carbocycles. The largest absolute Gasteiger partial charge is 0.742 e. The standard InChI is InChI=1S/C6H12O2S2/c1-2-4-10(8)5-3-6(7)9/h2-5H2,1H3,(H,7,9)/p-1. The normalized spacial score (nSPS) is 12.9. The van der Waals surface area contributed by atoms with Crippen molar-refractivity contribution >= 4 is 28.5 Å². The van der Waals surface area contributed by atoms with Crippen molar-refractivity contribution in [2.45, 2.75) is 19.8 Å². The van der Waals surface area contributed by atoms with E-state index < -0.39 is 10.8 Å². The van der Waals surface area contributed by atoms with E-state index in [1.165, 1.54) is 0 Å². The SMILES string of the molecule is CCCS(=O)CCC(=O)[S-]. The molecular weight excluding hydrogens is 168 g/mol. The zero-order valence-corrected chi connectivity index (χ0v) is 7.59. The Morgan fingerprint density at radius 3 is 2.50 bits per heavy atom. The van der Waals surface area contributed by atoms with E-state index in [2.05, 4.69) is 12.6 Å². The highest BCUT2D eigenvalue weighted by atomic mass is 32.2. The topological polar surface area (TPSA) is 34.1 Å². The lowest BCUT2D eigenvalue weighted by atomic mass is 10.5. The molecule has 0 aliphatic rings. The third-order valence-electron chi connectivity index (χ3n) is 0.966. The van der Waals surface area contributed by atoms with Crippen LogP contribution >= 0.6 is 0 Å². The van der Waals surface area contributed by atoms with Gasteiger partial charge in [0.05, 0.1) is 0 Å². The molecule has 0 radical (unpaired) electrons. The van der Waals surface area contributed by atoms with Crippen LogP contribution in [0, 0.1) is 0 Å². The Morgan fingerprint density at radius 1 is 1.50 bits per heavy atom. The summed E-state index contributed by atoms with van der Waals surface area (Å²) in [5.74, 6) is 1.12. The van der Waals surface area contributed by atoms with Crippen LogP contribution in [-0.2, 0) is 28.2 Å². The van der Waals surface area contributed by atoms with Crippen LogP contribution in [0.4, 0.5) is 0 Å². The minimum atomic E-state index is -0.828. The fourth-order valence-corrected chi connectivity index (χ4v) is 1.83. The summed E-state index contributed by atoms with van der Waals surface area (Å²) in [5.41, 5.74) is 0. The van der Waals surface area contributed by atoms with Crippen LogP contribution in [0.1, 0.15) is 19.8 Å². The van der Waals surface area contributed by atoms with Crippen molar-refractivity contribution in [2.24, 2.45) is 0 Å². The molecule has 2 nitrogen and oxygen atoms in total. The van der Waals surface area contributed by atoms with Crippen molar-refractivity contribution in [3.05, 3.63) is 0 Å². The molecule has 0 aromatic rings. The van der Waals surface area contributed by atoms with Gasteiger partial charge in [0, 0.05) is 27.4 Å². The number of rotatable bonds is 5. The lowest BCUT2D eigenvalue weighted by Crippen LogP contribution is -2.05. The van der Waals surface area contributed by atoms with Gasteiger partial charge in [-0.05, 0) is 12.8 Å². The van der Waals surface area contributed by atoms with Crippen molar-refractivity contribution in [2.75, 3.05) is 11.5 Å². The van der Waals surface area contributed by atoms with Crippen LogP contribution in [0.15, 0.2) is 0 Å². The van der Waals surface area contributed by atoms with E-state index in [4.69, 9.17) is 0 Å². The zero-order chi connectivity index (χ0) is 7.98. The molecule has 60 valence electrons. The number of hydrogen-bond donors (Lipinski definition) is 0. The molecule has 0 aliphatic heterocycles. The van der Waals surface area contributed by atoms with Gasteiger partial charge >= 0.3 is 0 Å². The Morgan fingerprint density at radius 2 is 2.10 bits per heavy atom. The van der Waals surface area contributed by atoms with Crippen LogP contribution < -0.4 is 0 Å². The van der Waals surface area contributed by atoms with E-state index in [-0.39, 0.29) is 11.5 Å². The second-order valence-corrected chi connectivity index (χ2v) is 4.12. The summed E-state index contributed by atoms with van der Waals surface area (Å²) in [4.78, 5) is 10.2. The Balaban J connectivity index is 3.30. The maximum absolute atomic E-state index is 10.9. The first-order chi connectivity index (χ1) is 4.66. The monoisotopic (exact) mass is 179 g/mol. The lowest BCUT2D eigenvalue weighted by Gasteiger charge is -2.01. The molecule has 1 unspecified atom stereocenters. The van der Waals surface area contributed by atoms with Crippen molar-refractivity contribution in [1.29, 1.82) is 0 Å². The molecule has 10 heavy (non-hydrogen) atoms. The quantitative estimate of drug-likeness (QED) is 0.580. The molecule has 0 rings (SSSR count). The Kier molecular flexibility index (Phi) is 5.82. The first kappa shape index (κ1) is 10.0. The minimum absolute atomic E-state index is 0.280. The fraction of sp³-hybridized carbons (Fsp3) is 0.833. The first-order valence-electron chi connectivity index (χ1n) is 3.21. The molecule has 0 fully saturated rings. The predicted molar refractivity (Wildman–Crippen MR) is 45.2 cm³/mol. The highest BCUT2D eigenvalue weighted by molar-refractivity contribution is 7.85. The molecule has 0 saturated heterocycles. The van der Waals surface area contributed by atoms with Crippen LogP contribution in [0.25, 0.3) is 0 Å². The van der Waals surface area contributed by atoms with Gasteiger partial charge in [-0.15, -0.1) is 0 Å². The van der Waals surface area contributed by atoms with E-state index in [9.17, 15) is 9.00 Å². The van der Waals surface area contributed by atoms with E-state index in [0.29, 0.717) is 11.5 Å². The predicted octanol–water partition coefficient (Wildman–Crippen LogP) is 0.609. The smallest absolute Gasteiger partial charge is 0.0285 e. The van der Waals surface area contributed by atoms with Gasteiger partial charge in [0.2, 0.25) is 0 Å². The summed E-state index contributed by atoms with van der Waals surface area (Å²) in [6.07, 6.45) is 1.18. The molecule has 0 aliphatic carbocycles. The Hall–Kier alpha value is 0.0400. The highest BCUT2D eigenvalue weighted by Crippen LogP contribution is 1.90. The summed E-state index contributed by atoms with van der Waals surface area (Å²) in [6.45, 7) is 1.97. The molecule has 0 amide bonds. The maximum atomic E-state index is 10.9. The van der Waals surface area contributed by atoms with Gasteiger partial charge in [0.1, 0.15) is 0 Å². The molecule has 0 bridgehead atoms. The minimum Gasteiger partial charge on any atom is -0.742 e. The zero-order valence-electron chi connectivity index (χ0n) is 5.96. The first-order valence-corrected chi connectivity index (χ1v) is 5.11. The summed E-state index contributed by atoms with van der Waals surface area (Å²) >= 11 is 4.31. The van der Waals surface area contributed by atoms with E-state index in [1.54, 1.807) is 0 Å². The molecule has 0 N–H and O–H groups in total. The van der Waals surface area contributed by atoms with E-state index in [0.717, 1.165) is 6.42 Å². The van der Waals surface area contributed by atoms with Gasteiger partial charge < -0.3 is 17.4 Å². The molecule has 4 heteroatoms. The number of hydrogen-bond acceptors (Lipinski definition) is 3. The molecular formula is C6H11O2S2-. The number of carbonyl (C=O) groups excluding carboxylic acids is 1. The average Bonchev–Trinajstić information content (AvgIpc) is 1.85. The third kappa shape index (κ3) is 6.16. The van der Waals surface area contributed by atoms with Crippen molar-refractivity contribution < 1.29 is 9.00 Å². The van der Waals surface area contributed by atoms with Gasteiger partial charge in [0.15, 0.2) is 0 Å². The van der Waals surface area contributed by atoms with Crippen LogP contribution in [0.5, 0.6) is 0 Å². The van der Waals surface area contributed by atoms with Crippen molar-refractivity contribution in [3.8, 4) is 0 Å². The van der Waals surface area contributed by atoms with Crippen molar-refractivity contribution in [1.82, 2.24) is 0 Å². The van der Waals surface area contributed by atoms with Gasteiger partial charge in [-0.2, -0.15) is 0 Å². The molecule has 0 saturated carbocycles. The summed E-state index contributed by atoms with van der Waals surface area (Å²) in [5, 5.41) is -0.288. The van der Waals surface area contributed by atoms with E-state index >= 15 is 0 Å². The highest BCUT2D eigenvalue weighted by Gasteiger charge is 1.96. The molecule has 0 heterocycles. The maximum Gasteiger partial charge on any atom is 0.0285 e. The van der Waals surface area contributed by atoms with Gasteiger partial charge in [-0.1, -0.05) is 6.92 Å². The fourth-order valence-electron chi connectivity index (χ4n) is 0.527. The van der Waals surface area contributed by atoms with Gasteiger partial charge in [-0.3, -0.25) is 4.21 Å². The summed E-state index contributed by atoms with van der Waals surface area (Å²) < 4.78 is 10.9. The second-order valence-electron chi connectivity index (χ2n) is 1.97. The van der Waals surface area contributed by atoms with Gasteiger partial charge in [-0.25, -0.2) is 0 Å². The molecule has 0 spiro atoms. The van der Waals surface area contributed by atoms with Gasteiger partial charge in [0.25, 0.3) is 0 Å². The summed E-state index contributed by atoms with van der Waals surface area (Å²) in [6, 6.07) is 0.